The maximum Gasteiger partial charge on any atom is 0.472 e. The normalized spacial score (nSPS) is 14.7. The summed E-state index contributed by atoms with van der Waals surface area (Å²) >= 11 is 0. The van der Waals surface area contributed by atoms with Crippen molar-refractivity contribution in [3.05, 3.63) is 48.6 Å². The smallest absolute Gasteiger partial charge is 0.462 e. The lowest BCUT2D eigenvalue weighted by Gasteiger charge is -2.20. The molecule has 0 aromatic carbocycles. The zero-order valence-corrected chi connectivity index (χ0v) is 43.4. The van der Waals surface area contributed by atoms with Crippen LogP contribution in [0.3, 0.4) is 0 Å². The third-order valence-corrected chi connectivity index (χ3v) is 12.7. The Kier molecular flexibility index (Phi) is 45.1. The molecule has 2 unspecified atom stereocenters. The van der Waals surface area contributed by atoms with Crippen molar-refractivity contribution in [3.63, 3.8) is 0 Å². The van der Waals surface area contributed by atoms with Gasteiger partial charge in [-0.3, -0.25) is 23.2 Å². The molecule has 0 saturated carbocycles. The molecule has 0 fully saturated rings. The molecule has 0 amide bonds. The van der Waals surface area contributed by atoms with Crippen LogP contribution in [0.15, 0.2) is 48.6 Å². The van der Waals surface area contributed by atoms with Gasteiger partial charge in [-0.15, -0.1) is 0 Å². The highest BCUT2D eigenvalue weighted by Gasteiger charge is 2.28. The van der Waals surface area contributed by atoms with Crippen LogP contribution in [-0.4, -0.2) is 82.1 Å². The Balaban J connectivity index is 4.45. The first-order valence-corrected chi connectivity index (χ1v) is 28.9. The summed E-state index contributed by atoms with van der Waals surface area (Å²) in [6.07, 6.45) is 46.9. The van der Waals surface area contributed by atoms with Crippen LogP contribution in [0.4, 0.5) is 0 Å². The summed E-state index contributed by atoms with van der Waals surface area (Å²) in [6.45, 7) is 2.12. The average Bonchev–Trinajstić information content (AvgIpc) is 3.29. The molecule has 0 aliphatic heterocycles. The van der Waals surface area contributed by atoms with Crippen molar-refractivity contribution in [2.24, 2.45) is 5.92 Å². The number of hydrogen-bond acceptors (Lipinski definition) is 11. The van der Waals surface area contributed by atoms with Crippen molar-refractivity contribution in [1.82, 2.24) is 0 Å². The molecule has 0 aromatic rings. The minimum atomic E-state index is -4.88. The van der Waals surface area contributed by atoms with Crippen LogP contribution in [-0.2, 0) is 41.8 Å². The number of aliphatic hydroxyl groups excluding tert-OH is 2. The minimum Gasteiger partial charge on any atom is -0.462 e. The number of esters is 2. The summed E-state index contributed by atoms with van der Waals surface area (Å²) in [7, 11) is -9.71. The van der Waals surface area contributed by atoms with Crippen molar-refractivity contribution in [2.45, 2.75) is 225 Å². The van der Waals surface area contributed by atoms with Gasteiger partial charge < -0.3 is 34.4 Å². The van der Waals surface area contributed by atoms with E-state index in [0.29, 0.717) is 19.3 Å². The summed E-state index contributed by atoms with van der Waals surface area (Å²) in [4.78, 5) is 52.9. The highest BCUT2D eigenvalue weighted by atomic mass is 31.2. The lowest BCUT2D eigenvalue weighted by atomic mass is 9.99. The standard InChI is InChI=1S/C51H94O14P2/c1-3-47(2)39-35-31-27-23-19-15-11-7-4-5-8-13-17-21-25-29-33-37-41-51(55)65-49(46-64-67(59,60)63-44-48(53)43-62-66(56,57)58)45-61-50(54)40-36-32-28-24-20-16-12-9-6-10-14-18-22-26-30-34-38-42-52/h6,10,12,16,18,22,24,28,47-49,52-53H,3-5,7-9,11,13-15,17,19-21,23,25-27,29-46H2,1-2H3,(H,59,60)(H2,56,57,58)/b10-6-,16-12-,22-18-,28-24-/t47?,48-,49+/m0/s1. The van der Waals surface area contributed by atoms with Crippen molar-refractivity contribution < 1.29 is 66.7 Å². The van der Waals surface area contributed by atoms with Crippen LogP contribution >= 0.6 is 15.6 Å². The lowest BCUT2D eigenvalue weighted by molar-refractivity contribution is -0.161. The number of ether oxygens (including phenoxy) is 2. The van der Waals surface area contributed by atoms with E-state index in [0.717, 1.165) is 70.1 Å². The molecule has 0 rings (SSSR count). The Hall–Kier alpha value is -1.96. The van der Waals surface area contributed by atoms with Gasteiger partial charge in [0.25, 0.3) is 0 Å². The predicted molar refractivity (Wildman–Crippen MR) is 268 cm³/mol. The molecule has 0 radical (unpaired) electrons. The Labute approximate surface area is 405 Å². The fraction of sp³-hybridized carbons (Fsp3) is 0.804. The summed E-state index contributed by atoms with van der Waals surface area (Å²) < 4.78 is 47.9. The first kappa shape index (κ1) is 65.0. The molecule has 0 aliphatic carbocycles. The van der Waals surface area contributed by atoms with E-state index < -0.39 is 66.2 Å². The fourth-order valence-corrected chi connectivity index (χ4v) is 8.16. The molecule has 0 spiro atoms. The van der Waals surface area contributed by atoms with E-state index in [4.69, 9.17) is 33.4 Å². The van der Waals surface area contributed by atoms with Gasteiger partial charge in [0.2, 0.25) is 0 Å². The summed E-state index contributed by atoms with van der Waals surface area (Å²) in [5.74, 6) is -0.225. The molecule has 16 heteroatoms. The second kappa shape index (κ2) is 46.4. The highest BCUT2D eigenvalue weighted by molar-refractivity contribution is 7.47. The van der Waals surface area contributed by atoms with E-state index in [1.54, 1.807) is 0 Å². The van der Waals surface area contributed by atoms with Crippen LogP contribution in [0, 0.1) is 5.92 Å². The molecule has 392 valence electrons. The Morgan fingerprint density at radius 3 is 1.42 bits per heavy atom. The van der Waals surface area contributed by atoms with E-state index in [2.05, 4.69) is 54.8 Å². The Morgan fingerprint density at radius 2 is 0.925 bits per heavy atom. The zero-order chi connectivity index (χ0) is 49.5. The van der Waals surface area contributed by atoms with Gasteiger partial charge in [0.15, 0.2) is 6.10 Å². The quantitative estimate of drug-likeness (QED) is 0.0166. The molecular weight excluding hydrogens is 898 g/mol. The number of unbranched alkanes of at least 4 members (excludes halogenated alkanes) is 21. The topological polar surface area (TPSA) is 216 Å². The molecule has 14 nitrogen and oxygen atoms in total. The largest absolute Gasteiger partial charge is 0.472 e. The van der Waals surface area contributed by atoms with Crippen molar-refractivity contribution in [1.29, 1.82) is 0 Å². The number of aliphatic hydroxyl groups is 2. The van der Waals surface area contributed by atoms with E-state index >= 15 is 0 Å². The number of hydrogen-bond donors (Lipinski definition) is 5. The van der Waals surface area contributed by atoms with Crippen LogP contribution in [0.5, 0.6) is 0 Å². The monoisotopic (exact) mass is 993 g/mol. The molecule has 4 atom stereocenters. The first-order valence-electron chi connectivity index (χ1n) is 25.8. The maximum atomic E-state index is 12.7. The fourth-order valence-electron chi connectivity index (χ4n) is 7.00. The lowest BCUT2D eigenvalue weighted by Crippen LogP contribution is -2.30. The summed E-state index contributed by atoms with van der Waals surface area (Å²) in [5.41, 5.74) is 0. The SMILES string of the molecule is CCC(C)CCCCCCCCCCCCCCCCCCCCC(=O)O[C@H](COC(=O)CCC/C=C\C/C=C\C/C=C\C/C=C\CCCCCO)COP(=O)(O)OC[C@@H](O)COP(=O)(O)O. The molecule has 0 heterocycles. The van der Waals surface area contributed by atoms with Gasteiger partial charge in [0, 0.05) is 19.4 Å². The molecule has 67 heavy (non-hydrogen) atoms. The van der Waals surface area contributed by atoms with Crippen LogP contribution in [0.1, 0.15) is 213 Å². The van der Waals surface area contributed by atoms with Crippen LogP contribution in [0.2, 0.25) is 0 Å². The molecule has 0 aliphatic rings. The van der Waals surface area contributed by atoms with Gasteiger partial charge >= 0.3 is 27.6 Å². The first-order chi connectivity index (χ1) is 32.3. The molecule has 0 bridgehead atoms. The number of allylic oxidation sites excluding steroid dienone is 8. The molecular formula is C51H94O14P2. The van der Waals surface area contributed by atoms with Gasteiger partial charge in [-0.05, 0) is 63.7 Å². The van der Waals surface area contributed by atoms with Crippen molar-refractivity contribution >= 4 is 27.6 Å². The second-order valence-corrected chi connectivity index (χ2v) is 20.5. The van der Waals surface area contributed by atoms with Crippen LogP contribution in [0.25, 0.3) is 0 Å². The molecule has 0 aromatic heterocycles. The Morgan fingerprint density at radius 1 is 0.507 bits per heavy atom. The van der Waals surface area contributed by atoms with Crippen LogP contribution < -0.4 is 0 Å². The third kappa shape index (κ3) is 50.2. The van der Waals surface area contributed by atoms with Gasteiger partial charge in [0.05, 0.1) is 19.8 Å². The van der Waals surface area contributed by atoms with Gasteiger partial charge in [-0.2, -0.15) is 0 Å². The second-order valence-electron chi connectivity index (χ2n) is 17.8. The van der Waals surface area contributed by atoms with E-state index in [-0.39, 0.29) is 19.4 Å². The van der Waals surface area contributed by atoms with Gasteiger partial charge in [-0.1, -0.05) is 191 Å². The maximum absolute atomic E-state index is 12.7. The zero-order valence-electron chi connectivity index (χ0n) is 41.6. The number of phosphoric acid groups is 2. The molecule has 5 N–H and O–H groups in total. The third-order valence-electron chi connectivity index (χ3n) is 11.3. The van der Waals surface area contributed by atoms with Crippen molar-refractivity contribution in [2.75, 3.05) is 33.0 Å². The highest BCUT2D eigenvalue weighted by Crippen LogP contribution is 2.44. The van der Waals surface area contributed by atoms with Crippen molar-refractivity contribution in [3.8, 4) is 0 Å². The predicted octanol–water partition coefficient (Wildman–Crippen LogP) is 13.0. The van der Waals surface area contributed by atoms with E-state index in [9.17, 15) is 28.7 Å². The van der Waals surface area contributed by atoms with Gasteiger partial charge in [-0.25, -0.2) is 9.13 Å². The summed E-state index contributed by atoms with van der Waals surface area (Å²) in [6, 6.07) is 0. The van der Waals surface area contributed by atoms with Gasteiger partial charge in [0.1, 0.15) is 12.7 Å². The summed E-state index contributed by atoms with van der Waals surface area (Å²) in [5, 5.41) is 18.6. The molecule has 0 saturated heterocycles. The van der Waals surface area contributed by atoms with E-state index in [1.165, 1.54) is 103 Å². The minimum absolute atomic E-state index is 0.110. The Bertz CT molecular complexity index is 1380. The average molecular weight is 993 g/mol. The number of carbonyl (C=O) groups excluding carboxylic acids is 2. The number of phosphoric ester groups is 2. The number of rotatable bonds is 49. The number of carbonyl (C=O) groups is 2. The van der Waals surface area contributed by atoms with E-state index in [1.807, 2.05) is 12.2 Å².